The number of carbonyl (C=O) groups excluding carboxylic acids is 4. The first-order valence-electron chi connectivity index (χ1n) is 15.7. The number of ketones is 2. The molecule has 2 saturated carbocycles. The molecule has 0 aliphatic heterocycles. The van der Waals surface area contributed by atoms with Crippen molar-refractivity contribution in [3.8, 4) is 5.75 Å². The molecule has 0 bridgehead atoms. The Morgan fingerprint density at radius 3 is 2.22 bits per heavy atom. The van der Waals surface area contributed by atoms with E-state index in [0.717, 1.165) is 12.8 Å². The van der Waals surface area contributed by atoms with Crippen LogP contribution in [-0.4, -0.2) is 106 Å². The zero-order chi connectivity index (χ0) is 34.2. The highest BCUT2D eigenvalue weighted by molar-refractivity contribution is 6.24. The molecule has 4 aliphatic carbocycles. The lowest BCUT2D eigenvalue weighted by atomic mass is 9.54. The molecule has 250 valence electrons. The summed E-state index contributed by atoms with van der Waals surface area (Å²) in [5.41, 5.74) is 1.60. The summed E-state index contributed by atoms with van der Waals surface area (Å²) in [4.78, 5) is 57.8. The number of phenols is 1. The minimum absolute atomic E-state index is 0.00556. The van der Waals surface area contributed by atoms with Gasteiger partial charge in [-0.1, -0.05) is 45.7 Å². The molecule has 1 aromatic rings. The molecule has 0 unspecified atom stereocenters. The van der Waals surface area contributed by atoms with Crippen LogP contribution in [-0.2, 0) is 29.3 Å². The Morgan fingerprint density at radius 1 is 1.07 bits per heavy atom. The number of phenolic OH excluding ortho intramolecular Hbond substituents is 1. The van der Waals surface area contributed by atoms with Crippen molar-refractivity contribution in [3.63, 3.8) is 0 Å². The summed E-state index contributed by atoms with van der Waals surface area (Å²) in [6, 6.07) is 2.13. The molecule has 12 heteroatoms. The second kappa shape index (κ2) is 11.5. The van der Waals surface area contributed by atoms with Crippen molar-refractivity contribution in [2.45, 2.75) is 75.5 Å². The quantitative estimate of drug-likeness (QED) is 0.217. The monoisotopic (exact) mass is 639 g/mol. The predicted molar refractivity (Wildman–Crippen MR) is 168 cm³/mol. The van der Waals surface area contributed by atoms with Crippen LogP contribution < -0.4 is 5.73 Å². The minimum Gasteiger partial charge on any atom is -0.508 e. The number of benzene rings is 1. The topological polar surface area (TPSA) is 191 Å². The summed E-state index contributed by atoms with van der Waals surface area (Å²) in [5, 5.41) is 47.3. The summed E-state index contributed by atoms with van der Waals surface area (Å²) < 4.78 is 6.19. The lowest BCUT2D eigenvalue weighted by molar-refractivity contribution is -0.187. The molecule has 2 fully saturated rings. The summed E-state index contributed by atoms with van der Waals surface area (Å²) in [6.45, 7) is 6.16. The second-order valence-corrected chi connectivity index (χ2v) is 14.5. The van der Waals surface area contributed by atoms with Gasteiger partial charge in [0.1, 0.15) is 28.9 Å². The fourth-order valence-electron chi connectivity index (χ4n) is 8.54. The molecule has 5 rings (SSSR count). The Balaban J connectivity index is 1.80. The molecular formula is C34H45N3O9. The largest absolute Gasteiger partial charge is 0.508 e. The van der Waals surface area contributed by atoms with E-state index in [4.69, 9.17) is 10.5 Å². The van der Waals surface area contributed by atoms with E-state index < -0.39 is 87.4 Å². The highest BCUT2D eigenvalue weighted by atomic mass is 16.5. The number of hydrogen-bond donors (Lipinski definition) is 5. The van der Waals surface area contributed by atoms with Crippen LogP contribution in [0.5, 0.6) is 5.75 Å². The van der Waals surface area contributed by atoms with Gasteiger partial charge in [0, 0.05) is 29.0 Å². The smallest absolute Gasteiger partial charge is 0.309 e. The summed E-state index contributed by atoms with van der Waals surface area (Å²) in [5.74, 6) is -9.89. The van der Waals surface area contributed by atoms with Gasteiger partial charge in [-0.05, 0) is 52.5 Å². The first kappa shape index (κ1) is 33.6. The number of hydrogen-bond acceptors (Lipinski definition) is 11. The molecule has 0 radical (unpaired) electrons. The zero-order valence-electron chi connectivity index (χ0n) is 27.5. The van der Waals surface area contributed by atoms with E-state index in [1.54, 1.807) is 19.1 Å². The van der Waals surface area contributed by atoms with Gasteiger partial charge in [-0.15, -0.1) is 0 Å². The SMILES string of the molecule is C[C@H]1c2ccc(C(C)(C)CN(C)C)c(O)c2C(O)=C2C(=O)[C@]3(O)C(O)=C(C(N)=O)C(=O)[C@@H](N(C)C)[C@@H]3[C@@H](OC(=O)C3CCCC3)[C@@H]21. The third-order valence-corrected chi connectivity index (χ3v) is 10.5. The first-order chi connectivity index (χ1) is 21.4. The standard InChI is InChI=1S/C34H45N3O9/c1-15-17-12-13-18(33(2,3)14-36(4)5)25(38)20(17)26(39)21-19(15)28(46-32(44)16-10-8-9-11-16)23-24(37(6)7)27(40)22(31(35)43)30(42)34(23,45)29(21)41/h12-13,15-16,19,23-24,28,38-39,42,45H,8-11,14H2,1-7H3,(H2,35,43)/t15-,19+,23+,24-,28-,34-/m0/s1. The third-order valence-electron chi connectivity index (χ3n) is 10.5. The van der Waals surface area contributed by atoms with E-state index in [1.165, 1.54) is 19.0 Å². The van der Waals surface area contributed by atoms with Crippen molar-refractivity contribution < 1.29 is 44.3 Å². The Labute approximate surface area is 268 Å². The zero-order valence-corrected chi connectivity index (χ0v) is 27.5. The highest BCUT2D eigenvalue weighted by Gasteiger charge is 2.69. The molecular weight excluding hydrogens is 594 g/mol. The highest BCUT2D eigenvalue weighted by Crippen LogP contribution is 2.58. The van der Waals surface area contributed by atoms with Gasteiger partial charge < -0.3 is 35.8 Å². The number of fused-ring (bicyclic) bond motifs is 3. The van der Waals surface area contributed by atoms with Crippen molar-refractivity contribution in [2.75, 3.05) is 34.7 Å². The van der Waals surface area contributed by atoms with Crippen molar-refractivity contribution >= 4 is 29.2 Å². The van der Waals surface area contributed by atoms with Crippen molar-refractivity contribution in [1.82, 2.24) is 9.80 Å². The van der Waals surface area contributed by atoms with Crippen LogP contribution in [0.15, 0.2) is 29.0 Å². The van der Waals surface area contributed by atoms with Gasteiger partial charge in [0.25, 0.3) is 5.91 Å². The van der Waals surface area contributed by atoms with Gasteiger partial charge in [0.05, 0.1) is 23.4 Å². The Kier molecular flexibility index (Phi) is 8.40. The lowest BCUT2D eigenvalue weighted by Crippen LogP contribution is -2.71. The summed E-state index contributed by atoms with van der Waals surface area (Å²) >= 11 is 0. The number of nitrogens with two attached hydrogens (primary N) is 1. The van der Waals surface area contributed by atoms with Crippen LogP contribution in [0.25, 0.3) is 5.76 Å². The minimum atomic E-state index is -2.97. The van der Waals surface area contributed by atoms with Crippen LogP contribution in [0.2, 0.25) is 0 Å². The van der Waals surface area contributed by atoms with Gasteiger partial charge in [-0.2, -0.15) is 0 Å². The third kappa shape index (κ3) is 4.84. The number of aliphatic hydroxyl groups excluding tert-OH is 2. The number of ether oxygens (including phenoxy) is 1. The van der Waals surface area contributed by atoms with Gasteiger partial charge in [0.2, 0.25) is 5.78 Å². The number of aliphatic hydroxyl groups is 3. The lowest BCUT2D eigenvalue weighted by Gasteiger charge is -2.54. The normalized spacial score (nSPS) is 30.1. The van der Waals surface area contributed by atoms with Gasteiger partial charge in [-0.25, -0.2) is 0 Å². The van der Waals surface area contributed by atoms with Gasteiger partial charge >= 0.3 is 5.97 Å². The van der Waals surface area contributed by atoms with Crippen molar-refractivity contribution in [3.05, 3.63) is 45.7 Å². The molecule has 0 saturated heterocycles. The van der Waals surface area contributed by atoms with E-state index >= 15 is 0 Å². The van der Waals surface area contributed by atoms with E-state index in [-0.39, 0.29) is 16.9 Å². The van der Waals surface area contributed by atoms with Crippen LogP contribution >= 0.6 is 0 Å². The number of rotatable bonds is 7. The van der Waals surface area contributed by atoms with E-state index in [1.807, 2.05) is 32.8 Å². The maximum atomic E-state index is 14.6. The van der Waals surface area contributed by atoms with Gasteiger partial charge in [-0.3, -0.25) is 24.1 Å². The molecule has 0 spiro atoms. The molecule has 6 N–H and O–H groups in total. The number of carbonyl (C=O) groups is 4. The maximum absolute atomic E-state index is 14.6. The fraction of sp³-hybridized carbons (Fsp3) is 0.588. The van der Waals surface area contributed by atoms with E-state index in [0.29, 0.717) is 30.5 Å². The molecule has 1 amide bonds. The molecule has 6 atom stereocenters. The second-order valence-electron chi connectivity index (χ2n) is 14.5. The molecule has 1 aromatic carbocycles. The number of amides is 1. The van der Waals surface area contributed by atoms with Crippen molar-refractivity contribution in [1.29, 1.82) is 0 Å². The molecule has 4 aliphatic rings. The maximum Gasteiger partial charge on any atom is 0.309 e. The molecule has 0 aromatic heterocycles. The van der Waals surface area contributed by atoms with Crippen LogP contribution in [0, 0.1) is 17.8 Å². The molecule has 0 heterocycles. The fourth-order valence-corrected chi connectivity index (χ4v) is 8.54. The molecule has 46 heavy (non-hydrogen) atoms. The van der Waals surface area contributed by atoms with E-state index in [9.17, 15) is 39.6 Å². The van der Waals surface area contributed by atoms with Crippen LogP contribution in [0.1, 0.15) is 69.1 Å². The molecule has 12 nitrogen and oxygen atoms in total. The Morgan fingerprint density at radius 2 is 1.67 bits per heavy atom. The van der Waals surface area contributed by atoms with Crippen molar-refractivity contribution in [2.24, 2.45) is 23.5 Å². The number of esters is 1. The Bertz CT molecular complexity index is 1570. The first-order valence-corrected chi connectivity index (χ1v) is 15.7. The number of aromatic hydroxyl groups is 1. The van der Waals surface area contributed by atoms with E-state index in [2.05, 4.69) is 0 Å². The van der Waals surface area contributed by atoms with Crippen LogP contribution in [0.4, 0.5) is 0 Å². The number of primary amides is 1. The summed E-state index contributed by atoms with van der Waals surface area (Å²) in [7, 11) is 6.79. The predicted octanol–water partition coefficient (Wildman–Crippen LogP) is 2.08. The average molecular weight is 640 g/mol. The van der Waals surface area contributed by atoms with Crippen LogP contribution in [0.3, 0.4) is 0 Å². The van der Waals surface area contributed by atoms with Gasteiger partial charge in [0.15, 0.2) is 11.4 Å². The number of Topliss-reactive ketones (excluding diaryl/α,β-unsaturated/α-hetero) is 2. The Hall–Kier alpha value is -3.74. The number of likely N-dealkylation sites (N-methyl/N-ethyl adjacent to an activating group) is 2. The number of nitrogens with zero attached hydrogens (tertiary/aromatic N) is 2. The average Bonchev–Trinajstić information content (AvgIpc) is 3.49. The summed E-state index contributed by atoms with van der Waals surface area (Å²) in [6.07, 6.45) is 1.42.